The SMILES string of the molecule is CC1(C)N=C(C23CC(N(Cc4ccc(C(F)(F)F)cc4)S(=O)(=O)c4ccc(F)cc4)(C2)C3)NC1C(=O)NCC1(C#N)CCC1. The van der Waals surface area contributed by atoms with Crippen molar-refractivity contribution in [3.63, 3.8) is 0 Å². The van der Waals surface area contributed by atoms with Gasteiger partial charge in [-0.3, -0.25) is 9.79 Å². The zero-order chi connectivity index (χ0) is 31.8. The predicted molar refractivity (Wildman–Crippen MR) is 153 cm³/mol. The second-order valence-electron chi connectivity index (χ2n) is 13.4. The average molecular weight is 632 g/mol. The first-order valence-corrected chi connectivity index (χ1v) is 16.0. The Kier molecular flexibility index (Phi) is 6.94. The Hall–Kier alpha value is -3.50. The topological polar surface area (TPSA) is 115 Å². The lowest BCUT2D eigenvalue weighted by Crippen LogP contribution is -2.78. The van der Waals surface area contributed by atoms with Crippen molar-refractivity contribution < 1.29 is 30.8 Å². The quantitative estimate of drug-likeness (QED) is 0.382. The van der Waals surface area contributed by atoms with E-state index in [-0.39, 0.29) is 23.9 Å². The smallest absolute Gasteiger partial charge is 0.360 e. The molecule has 1 unspecified atom stereocenters. The fraction of sp³-hybridized carbons (Fsp3) is 0.516. The maximum Gasteiger partial charge on any atom is 0.416 e. The van der Waals surface area contributed by atoms with Gasteiger partial charge >= 0.3 is 6.18 Å². The van der Waals surface area contributed by atoms with Crippen molar-refractivity contribution in [2.45, 2.75) is 87.1 Å². The van der Waals surface area contributed by atoms with Gasteiger partial charge in [0.05, 0.1) is 27.5 Å². The number of sulfonamides is 1. The van der Waals surface area contributed by atoms with E-state index < -0.39 is 55.5 Å². The second kappa shape index (κ2) is 10.0. The van der Waals surface area contributed by atoms with Crippen LogP contribution >= 0.6 is 0 Å². The number of amidine groups is 1. The zero-order valence-electron chi connectivity index (χ0n) is 24.3. The number of hydrogen-bond acceptors (Lipinski definition) is 6. The van der Waals surface area contributed by atoms with Crippen molar-refractivity contribution in [1.29, 1.82) is 5.26 Å². The van der Waals surface area contributed by atoms with E-state index in [2.05, 4.69) is 16.7 Å². The maximum atomic E-state index is 13.9. The van der Waals surface area contributed by atoms with E-state index in [4.69, 9.17) is 4.99 Å². The minimum atomic E-state index is -4.52. The van der Waals surface area contributed by atoms with E-state index in [1.807, 2.05) is 13.8 Å². The van der Waals surface area contributed by atoms with Crippen LogP contribution in [0.2, 0.25) is 0 Å². The molecule has 1 atom stereocenters. The summed E-state index contributed by atoms with van der Waals surface area (Å²) < 4.78 is 82.2. The summed E-state index contributed by atoms with van der Waals surface area (Å²) in [4.78, 5) is 17.9. The average Bonchev–Trinajstić information content (AvgIpc) is 3.21. The second-order valence-corrected chi connectivity index (χ2v) is 15.2. The number of benzene rings is 2. The largest absolute Gasteiger partial charge is 0.416 e. The van der Waals surface area contributed by atoms with Crippen LogP contribution in [0.3, 0.4) is 0 Å². The van der Waals surface area contributed by atoms with Crippen molar-refractivity contribution in [2.75, 3.05) is 6.54 Å². The van der Waals surface area contributed by atoms with E-state index in [0.29, 0.717) is 30.7 Å². The number of nitrogens with one attached hydrogen (secondary N) is 2. The van der Waals surface area contributed by atoms with Gasteiger partial charge in [-0.25, -0.2) is 12.8 Å². The maximum absolute atomic E-state index is 13.9. The van der Waals surface area contributed by atoms with Crippen molar-refractivity contribution in [2.24, 2.45) is 15.8 Å². The molecule has 2 aromatic rings. The van der Waals surface area contributed by atoms with Crippen LogP contribution in [0.15, 0.2) is 58.4 Å². The van der Waals surface area contributed by atoms with Gasteiger partial charge in [0.2, 0.25) is 15.9 Å². The van der Waals surface area contributed by atoms with E-state index in [1.54, 1.807) is 0 Å². The van der Waals surface area contributed by atoms with Gasteiger partial charge < -0.3 is 10.6 Å². The molecule has 0 radical (unpaired) electrons. The Morgan fingerprint density at radius 1 is 1.09 bits per heavy atom. The van der Waals surface area contributed by atoms with Gasteiger partial charge in [0, 0.05) is 24.0 Å². The molecule has 0 aromatic heterocycles. The van der Waals surface area contributed by atoms with Crippen LogP contribution in [0, 0.1) is 28.0 Å². The molecule has 5 aliphatic rings. The van der Waals surface area contributed by atoms with E-state index in [9.17, 15) is 36.0 Å². The summed E-state index contributed by atoms with van der Waals surface area (Å²) in [5.41, 5.74) is -3.02. The molecule has 13 heteroatoms. The molecule has 1 aliphatic heterocycles. The Labute approximate surface area is 253 Å². The van der Waals surface area contributed by atoms with E-state index >= 15 is 0 Å². The number of nitrogens with zero attached hydrogens (tertiary/aromatic N) is 3. The van der Waals surface area contributed by atoms with Crippen LogP contribution in [-0.2, 0) is 27.5 Å². The highest BCUT2D eigenvalue weighted by atomic mass is 32.2. The first kappa shape index (κ1) is 30.5. The summed E-state index contributed by atoms with van der Waals surface area (Å²) >= 11 is 0. The summed E-state index contributed by atoms with van der Waals surface area (Å²) in [5, 5.41) is 15.7. The standard InChI is InChI=1S/C31H33F4N5O3S/c1-27(2)24(25(41)37-19-28(18-36)12-3-13-28)38-26(39-27)29-15-30(16-29,17-29)40(44(42,43)23-10-8-22(32)9-11-23)14-20-4-6-21(7-5-20)31(33,34)35/h4-11,24H,3,12-17,19H2,1-2H3,(H,37,41)(H,38,39). The van der Waals surface area contributed by atoms with Crippen molar-refractivity contribution in [1.82, 2.24) is 14.9 Å². The molecule has 7 rings (SSSR count). The summed E-state index contributed by atoms with van der Waals surface area (Å²) in [5.74, 6) is -0.207. The lowest BCUT2D eigenvalue weighted by molar-refractivity contribution is -0.151. The summed E-state index contributed by atoms with van der Waals surface area (Å²) in [7, 11) is -4.16. The van der Waals surface area contributed by atoms with Crippen LogP contribution in [0.1, 0.15) is 63.5 Å². The number of amides is 1. The molecule has 44 heavy (non-hydrogen) atoms. The number of alkyl halides is 3. The third-order valence-corrected chi connectivity index (χ3v) is 11.8. The molecular formula is C31H33F4N5O3S. The molecule has 8 nitrogen and oxygen atoms in total. The van der Waals surface area contributed by atoms with Crippen molar-refractivity contribution in [3.8, 4) is 6.07 Å². The number of rotatable bonds is 9. The van der Waals surface area contributed by atoms with Gasteiger partial charge in [0.15, 0.2) is 0 Å². The third-order valence-electron chi connectivity index (χ3n) is 9.84. The Bertz CT molecular complexity index is 1640. The molecule has 2 bridgehead atoms. The van der Waals surface area contributed by atoms with Crippen LogP contribution in [-0.4, -0.2) is 48.1 Å². The summed E-state index contributed by atoms with van der Waals surface area (Å²) in [6.45, 7) is 3.81. The number of aliphatic imine (C=N–C) groups is 1. The van der Waals surface area contributed by atoms with Gasteiger partial charge in [0.1, 0.15) is 17.7 Å². The minimum Gasteiger partial charge on any atom is -0.360 e. The molecule has 4 fully saturated rings. The highest BCUT2D eigenvalue weighted by molar-refractivity contribution is 7.89. The zero-order valence-corrected chi connectivity index (χ0v) is 25.2. The third kappa shape index (κ3) is 4.96. The highest BCUT2D eigenvalue weighted by Gasteiger charge is 2.75. The number of carbonyl (C=O) groups excluding carboxylic acids is 1. The van der Waals surface area contributed by atoms with E-state index in [1.165, 1.54) is 28.6 Å². The molecule has 4 aliphatic carbocycles. The van der Waals surface area contributed by atoms with Crippen LogP contribution in [0.4, 0.5) is 17.6 Å². The van der Waals surface area contributed by atoms with Crippen LogP contribution in [0.25, 0.3) is 0 Å². The lowest BCUT2D eigenvalue weighted by Gasteiger charge is -2.72. The number of hydrogen-bond donors (Lipinski definition) is 2. The van der Waals surface area contributed by atoms with Crippen molar-refractivity contribution in [3.05, 3.63) is 65.5 Å². The number of halogens is 4. The van der Waals surface area contributed by atoms with Gasteiger partial charge in [-0.1, -0.05) is 18.6 Å². The highest BCUT2D eigenvalue weighted by Crippen LogP contribution is 2.71. The molecule has 0 spiro atoms. The molecule has 2 N–H and O–H groups in total. The molecule has 2 aromatic carbocycles. The molecule has 4 saturated carbocycles. The first-order valence-electron chi connectivity index (χ1n) is 14.5. The molecule has 0 saturated heterocycles. The molecule has 234 valence electrons. The molecular weight excluding hydrogens is 598 g/mol. The minimum absolute atomic E-state index is 0.111. The van der Waals surface area contributed by atoms with Gasteiger partial charge in [-0.15, -0.1) is 0 Å². The number of nitriles is 1. The predicted octanol–water partition coefficient (Wildman–Crippen LogP) is 4.92. The van der Waals surface area contributed by atoms with Crippen molar-refractivity contribution >= 4 is 21.8 Å². The summed E-state index contributed by atoms with van der Waals surface area (Å²) in [6.07, 6.45) is -0.825. The Morgan fingerprint density at radius 2 is 1.70 bits per heavy atom. The van der Waals surface area contributed by atoms with E-state index in [0.717, 1.165) is 43.5 Å². The fourth-order valence-electron chi connectivity index (χ4n) is 7.10. The Morgan fingerprint density at radius 3 is 2.23 bits per heavy atom. The lowest BCUT2D eigenvalue weighted by atomic mass is 9.38. The first-order chi connectivity index (χ1) is 20.5. The normalized spacial score (nSPS) is 28.0. The number of carbonyl (C=O) groups is 1. The summed E-state index contributed by atoms with van der Waals surface area (Å²) in [6, 6.07) is 10.5. The fourth-order valence-corrected chi connectivity index (χ4v) is 8.86. The van der Waals surface area contributed by atoms with Gasteiger partial charge in [-0.05, 0) is 87.9 Å². The molecule has 1 heterocycles. The monoisotopic (exact) mass is 631 g/mol. The molecule has 1 amide bonds. The van der Waals surface area contributed by atoms with Gasteiger partial charge in [-0.2, -0.15) is 22.7 Å². The van der Waals surface area contributed by atoms with Crippen LogP contribution in [0.5, 0.6) is 0 Å². The Balaban J connectivity index is 1.21. The van der Waals surface area contributed by atoms with Crippen LogP contribution < -0.4 is 10.6 Å². The van der Waals surface area contributed by atoms with Gasteiger partial charge in [0.25, 0.3) is 0 Å².